The third kappa shape index (κ3) is 3.00. The highest BCUT2D eigenvalue weighted by Gasteiger charge is 2.19. The maximum atomic E-state index is 11.0. The summed E-state index contributed by atoms with van der Waals surface area (Å²) in [5, 5.41) is 11.0. The molecule has 98 valence electrons. The SMILES string of the molecule is Cc1cccc([N+](=O)[O-])c1OCC1CCCCC1. The molecule has 0 spiro atoms. The number of hydrogen-bond acceptors (Lipinski definition) is 3. The molecule has 1 fully saturated rings. The summed E-state index contributed by atoms with van der Waals surface area (Å²) in [5.74, 6) is 0.992. The Morgan fingerprint density at radius 1 is 1.33 bits per heavy atom. The second-order valence-electron chi connectivity index (χ2n) is 5.00. The van der Waals surface area contributed by atoms with E-state index in [9.17, 15) is 10.1 Å². The number of ether oxygens (including phenoxy) is 1. The van der Waals surface area contributed by atoms with Crippen molar-refractivity contribution in [2.24, 2.45) is 5.92 Å². The molecule has 0 aromatic heterocycles. The Labute approximate surface area is 107 Å². The summed E-state index contributed by atoms with van der Waals surface area (Å²) in [6.07, 6.45) is 6.17. The number of nitrogens with zero attached hydrogens (tertiary/aromatic N) is 1. The van der Waals surface area contributed by atoms with Crippen molar-refractivity contribution >= 4 is 5.69 Å². The summed E-state index contributed by atoms with van der Waals surface area (Å²) in [5.41, 5.74) is 0.908. The van der Waals surface area contributed by atoms with Gasteiger partial charge in [-0.15, -0.1) is 0 Å². The van der Waals surface area contributed by atoms with E-state index in [2.05, 4.69) is 0 Å². The van der Waals surface area contributed by atoms with Crippen LogP contribution in [0, 0.1) is 23.0 Å². The van der Waals surface area contributed by atoms with Gasteiger partial charge in [0.2, 0.25) is 0 Å². The summed E-state index contributed by atoms with van der Waals surface area (Å²) in [4.78, 5) is 10.6. The molecule has 0 N–H and O–H groups in total. The smallest absolute Gasteiger partial charge is 0.311 e. The molecule has 0 saturated heterocycles. The van der Waals surface area contributed by atoms with Crippen molar-refractivity contribution in [2.75, 3.05) is 6.61 Å². The first kappa shape index (κ1) is 12.9. The topological polar surface area (TPSA) is 52.4 Å². The number of aryl methyl sites for hydroxylation is 1. The molecule has 1 saturated carbocycles. The largest absolute Gasteiger partial charge is 0.486 e. The van der Waals surface area contributed by atoms with E-state index >= 15 is 0 Å². The fraction of sp³-hybridized carbons (Fsp3) is 0.571. The van der Waals surface area contributed by atoms with Crippen LogP contribution in [0.5, 0.6) is 5.75 Å². The quantitative estimate of drug-likeness (QED) is 0.601. The van der Waals surface area contributed by atoms with E-state index in [1.54, 1.807) is 6.07 Å². The summed E-state index contributed by atoms with van der Waals surface area (Å²) >= 11 is 0. The van der Waals surface area contributed by atoms with Gasteiger partial charge < -0.3 is 4.74 Å². The predicted molar refractivity (Wildman–Crippen MR) is 69.9 cm³/mol. The zero-order valence-corrected chi connectivity index (χ0v) is 10.7. The molecule has 1 aliphatic carbocycles. The molecule has 0 atom stereocenters. The number of nitro benzene ring substituents is 1. The van der Waals surface area contributed by atoms with Crippen LogP contribution < -0.4 is 4.74 Å². The van der Waals surface area contributed by atoms with Gasteiger partial charge >= 0.3 is 5.69 Å². The Balaban J connectivity index is 2.05. The summed E-state index contributed by atoms with van der Waals surface area (Å²) in [7, 11) is 0. The van der Waals surface area contributed by atoms with Crippen LogP contribution in [-0.2, 0) is 0 Å². The number of hydrogen-bond donors (Lipinski definition) is 0. The van der Waals surface area contributed by atoms with E-state index in [-0.39, 0.29) is 10.6 Å². The van der Waals surface area contributed by atoms with Crippen molar-refractivity contribution in [1.82, 2.24) is 0 Å². The van der Waals surface area contributed by atoms with Gasteiger partial charge in [-0.1, -0.05) is 31.4 Å². The number of nitro groups is 1. The van der Waals surface area contributed by atoms with Gasteiger partial charge in [-0.3, -0.25) is 10.1 Å². The van der Waals surface area contributed by atoms with Crippen molar-refractivity contribution in [2.45, 2.75) is 39.0 Å². The van der Waals surface area contributed by atoms with E-state index in [0.29, 0.717) is 18.3 Å². The van der Waals surface area contributed by atoms with Gasteiger partial charge in [-0.2, -0.15) is 0 Å². The first-order chi connectivity index (χ1) is 8.68. The zero-order chi connectivity index (χ0) is 13.0. The molecule has 1 aromatic rings. The van der Waals surface area contributed by atoms with Crippen LogP contribution in [0.2, 0.25) is 0 Å². The molecule has 4 nitrogen and oxygen atoms in total. The predicted octanol–water partition coefficient (Wildman–Crippen LogP) is 3.86. The Kier molecular flexibility index (Phi) is 4.18. The minimum absolute atomic E-state index is 0.0748. The lowest BCUT2D eigenvalue weighted by Gasteiger charge is -2.22. The maximum Gasteiger partial charge on any atom is 0.311 e. The lowest BCUT2D eigenvalue weighted by molar-refractivity contribution is -0.386. The average molecular weight is 249 g/mol. The molecule has 0 heterocycles. The molecular formula is C14H19NO3. The number of rotatable bonds is 4. The van der Waals surface area contributed by atoms with Crippen molar-refractivity contribution < 1.29 is 9.66 Å². The molecule has 0 radical (unpaired) electrons. The van der Waals surface area contributed by atoms with Crippen LogP contribution in [0.15, 0.2) is 18.2 Å². The monoisotopic (exact) mass is 249 g/mol. The molecule has 1 aromatic carbocycles. The molecule has 18 heavy (non-hydrogen) atoms. The van der Waals surface area contributed by atoms with Crippen molar-refractivity contribution in [3.63, 3.8) is 0 Å². The van der Waals surface area contributed by atoms with E-state index < -0.39 is 0 Å². The minimum atomic E-state index is -0.372. The van der Waals surface area contributed by atoms with Crippen LogP contribution in [-0.4, -0.2) is 11.5 Å². The maximum absolute atomic E-state index is 11.0. The molecular weight excluding hydrogens is 230 g/mol. The first-order valence-corrected chi connectivity index (χ1v) is 6.55. The number of para-hydroxylation sites is 1. The molecule has 0 unspecified atom stereocenters. The van der Waals surface area contributed by atoms with E-state index in [1.807, 2.05) is 13.0 Å². The second kappa shape index (κ2) is 5.85. The summed E-state index contributed by atoms with van der Waals surface area (Å²) in [6.45, 7) is 2.45. The molecule has 1 aliphatic rings. The zero-order valence-electron chi connectivity index (χ0n) is 10.7. The third-order valence-corrected chi connectivity index (χ3v) is 3.58. The molecule has 2 rings (SSSR count). The first-order valence-electron chi connectivity index (χ1n) is 6.55. The highest BCUT2D eigenvalue weighted by molar-refractivity contribution is 5.51. The van der Waals surface area contributed by atoms with Gasteiger partial charge in [0.05, 0.1) is 11.5 Å². The van der Waals surface area contributed by atoms with Crippen LogP contribution in [0.25, 0.3) is 0 Å². The molecule has 4 heteroatoms. The van der Waals surface area contributed by atoms with E-state index in [0.717, 1.165) is 5.56 Å². The standard InChI is InChI=1S/C14H19NO3/c1-11-6-5-9-13(15(16)17)14(11)18-10-12-7-3-2-4-8-12/h5-6,9,12H,2-4,7-8,10H2,1H3. The lowest BCUT2D eigenvalue weighted by Crippen LogP contribution is -2.16. The van der Waals surface area contributed by atoms with Gasteiger partial charge in [0.25, 0.3) is 0 Å². The second-order valence-corrected chi connectivity index (χ2v) is 5.00. The van der Waals surface area contributed by atoms with Crippen LogP contribution in [0.4, 0.5) is 5.69 Å². The Bertz CT molecular complexity index is 425. The third-order valence-electron chi connectivity index (χ3n) is 3.58. The van der Waals surface area contributed by atoms with Crippen molar-refractivity contribution in [3.8, 4) is 5.75 Å². The van der Waals surface area contributed by atoms with E-state index in [4.69, 9.17) is 4.74 Å². The van der Waals surface area contributed by atoms with Crippen LogP contribution in [0.3, 0.4) is 0 Å². The minimum Gasteiger partial charge on any atom is -0.486 e. The lowest BCUT2D eigenvalue weighted by atomic mass is 9.90. The highest BCUT2D eigenvalue weighted by Crippen LogP contribution is 2.32. The van der Waals surface area contributed by atoms with Gasteiger partial charge in [0, 0.05) is 6.07 Å². The molecule has 0 amide bonds. The van der Waals surface area contributed by atoms with Gasteiger partial charge in [0.15, 0.2) is 5.75 Å². The van der Waals surface area contributed by atoms with Crippen LogP contribution in [0.1, 0.15) is 37.7 Å². The van der Waals surface area contributed by atoms with Gasteiger partial charge in [0.1, 0.15) is 0 Å². The number of benzene rings is 1. The van der Waals surface area contributed by atoms with Gasteiger partial charge in [-0.05, 0) is 31.2 Å². The van der Waals surface area contributed by atoms with Crippen molar-refractivity contribution in [1.29, 1.82) is 0 Å². The fourth-order valence-electron chi connectivity index (χ4n) is 2.52. The Hall–Kier alpha value is -1.58. The van der Waals surface area contributed by atoms with E-state index in [1.165, 1.54) is 38.2 Å². The summed E-state index contributed by atoms with van der Waals surface area (Å²) < 4.78 is 5.73. The highest BCUT2D eigenvalue weighted by atomic mass is 16.6. The van der Waals surface area contributed by atoms with Crippen molar-refractivity contribution in [3.05, 3.63) is 33.9 Å². The Morgan fingerprint density at radius 3 is 2.72 bits per heavy atom. The van der Waals surface area contributed by atoms with Crippen LogP contribution >= 0.6 is 0 Å². The average Bonchev–Trinajstić information content (AvgIpc) is 2.38. The fourth-order valence-corrected chi connectivity index (χ4v) is 2.52. The molecule has 0 aliphatic heterocycles. The van der Waals surface area contributed by atoms with Gasteiger partial charge in [-0.25, -0.2) is 0 Å². The summed E-state index contributed by atoms with van der Waals surface area (Å²) in [6, 6.07) is 5.05. The Morgan fingerprint density at radius 2 is 2.06 bits per heavy atom. The molecule has 0 bridgehead atoms. The normalized spacial score (nSPS) is 16.5.